The number of carbonyl (C=O) groups excluding carboxylic acids is 1. The summed E-state index contributed by atoms with van der Waals surface area (Å²) in [5, 5.41) is 6.68. The van der Waals surface area contributed by atoms with E-state index in [0.29, 0.717) is 5.69 Å². The van der Waals surface area contributed by atoms with Crippen LogP contribution in [0.15, 0.2) is 52.0 Å². The number of hydrogen-bond acceptors (Lipinski definition) is 3. The van der Waals surface area contributed by atoms with E-state index in [9.17, 15) is 9.18 Å². The van der Waals surface area contributed by atoms with Crippen molar-refractivity contribution in [3.8, 4) is 0 Å². The lowest BCUT2D eigenvalue weighted by Crippen LogP contribution is -2.25. The van der Waals surface area contributed by atoms with E-state index in [1.807, 2.05) is 24.3 Å². The van der Waals surface area contributed by atoms with Crippen LogP contribution in [0.1, 0.15) is 5.56 Å². The standard InChI is InChI=1S/C15H12BrClFN3O/c16-11-3-1-2-10(6-11)8-20-21-15(22)9-19-12-4-5-14(18)13(17)7-12/h1-8,19H,9H2,(H,21,22)/b20-8+. The van der Waals surface area contributed by atoms with E-state index in [-0.39, 0.29) is 17.5 Å². The molecule has 0 aromatic heterocycles. The number of nitrogens with zero attached hydrogens (tertiary/aromatic N) is 1. The molecule has 2 aromatic carbocycles. The van der Waals surface area contributed by atoms with Gasteiger partial charge in [0, 0.05) is 10.2 Å². The molecule has 22 heavy (non-hydrogen) atoms. The van der Waals surface area contributed by atoms with Gasteiger partial charge in [-0.25, -0.2) is 9.82 Å². The number of anilines is 1. The Labute approximate surface area is 140 Å². The molecular formula is C15H12BrClFN3O. The van der Waals surface area contributed by atoms with E-state index < -0.39 is 5.82 Å². The van der Waals surface area contributed by atoms with E-state index in [1.54, 1.807) is 0 Å². The van der Waals surface area contributed by atoms with Crippen molar-refractivity contribution in [2.24, 2.45) is 5.10 Å². The predicted molar refractivity (Wildman–Crippen MR) is 89.8 cm³/mol. The van der Waals surface area contributed by atoms with Crippen LogP contribution in [0.4, 0.5) is 10.1 Å². The van der Waals surface area contributed by atoms with Gasteiger partial charge in [-0.05, 0) is 35.9 Å². The molecule has 4 nitrogen and oxygen atoms in total. The summed E-state index contributed by atoms with van der Waals surface area (Å²) in [6.07, 6.45) is 1.54. The first-order valence-electron chi connectivity index (χ1n) is 6.31. The minimum absolute atomic E-state index is 0.00177. The average Bonchev–Trinajstić information content (AvgIpc) is 2.48. The second kappa shape index (κ2) is 7.91. The molecule has 0 saturated carbocycles. The molecule has 0 atom stereocenters. The van der Waals surface area contributed by atoms with Gasteiger partial charge in [0.1, 0.15) is 5.82 Å². The lowest BCUT2D eigenvalue weighted by atomic mass is 10.2. The summed E-state index contributed by atoms with van der Waals surface area (Å²) in [7, 11) is 0. The summed E-state index contributed by atoms with van der Waals surface area (Å²) < 4.78 is 13.9. The zero-order valence-electron chi connectivity index (χ0n) is 11.3. The van der Waals surface area contributed by atoms with Crippen LogP contribution < -0.4 is 10.7 Å². The van der Waals surface area contributed by atoms with Crippen molar-refractivity contribution < 1.29 is 9.18 Å². The van der Waals surface area contributed by atoms with Gasteiger partial charge in [0.25, 0.3) is 5.91 Å². The largest absolute Gasteiger partial charge is 0.376 e. The maximum Gasteiger partial charge on any atom is 0.259 e. The third-order valence-corrected chi connectivity index (χ3v) is 3.41. The maximum atomic E-state index is 13.0. The molecule has 0 aliphatic heterocycles. The van der Waals surface area contributed by atoms with Gasteiger partial charge in [-0.15, -0.1) is 0 Å². The topological polar surface area (TPSA) is 53.5 Å². The van der Waals surface area contributed by atoms with Gasteiger partial charge in [-0.3, -0.25) is 4.79 Å². The highest BCUT2D eigenvalue weighted by molar-refractivity contribution is 9.10. The van der Waals surface area contributed by atoms with Crippen LogP contribution in [0.2, 0.25) is 5.02 Å². The van der Waals surface area contributed by atoms with Crippen LogP contribution in [-0.2, 0) is 4.79 Å². The van der Waals surface area contributed by atoms with Crippen LogP contribution >= 0.6 is 27.5 Å². The Hall–Kier alpha value is -1.92. The number of hydrazone groups is 1. The van der Waals surface area contributed by atoms with E-state index in [4.69, 9.17) is 11.6 Å². The van der Waals surface area contributed by atoms with Crippen molar-refractivity contribution in [2.75, 3.05) is 11.9 Å². The van der Waals surface area contributed by atoms with E-state index in [1.165, 1.54) is 24.4 Å². The summed E-state index contributed by atoms with van der Waals surface area (Å²) in [5.41, 5.74) is 3.80. The van der Waals surface area contributed by atoms with Gasteiger partial charge in [0.15, 0.2) is 0 Å². The minimum atomic E-state index is -0.504. The fourth-order valence-corrected chi connectivity index (χ4v) is 2.19. The van der Waals surface area contributed by atoms with Gasteiger partial charge >= 0.3 is 0 Å². The first-order chi connectivity index (χ1) is 10.5. The predicted octanol–water partition coefficient (Wildman–Crippen LogP) is 3.80. The molecule has 0 radical (unpaired) electrons. The Morgan fingerprint density at radius 3 is 2.86 bits per heavy atom. The SMILES string of the molecule is O=C(CNc1ccc(F)c(Cl)c1)N/N=C/c1cccc(Br)c1. The number of hydrogen-bond donors (Lipinski definition) is 2. The number of benzene rings is 2. The number of amides is 1. The quantitative estimate of drug-likeness (QED) is 0.608. The normalized spacial score (nSPS) is 10.7. The third kappa shape index (κ3) is 5.13. The highest BCUT2D eigenvalue weighted by Crippen LogP contribution is 2.18. The molecule has 0 spiro atoms. The number of halogens is 3. The Bertz CT molecular complexity index is 709. The first-order valence-corrected chi connectivity index (χ1v) is 7.48. The molecule has 0 aliphatic carbocycles. The van der Waals surface area contributed by atoms with Crippen molar-refractivity contribution in [3.63, 3.8) is 0 Å². The van der Waals surface area contributed by atoms with Gasteiger partial charge in [-0.1, -0.05) is 39.7 Å². The highest BCUT2D eigenvalue weighted by atomic mass is 79.9. The Morgan fingerprint density at radius 2 is 2.14 bits per heavy atom. The van der Waals surface area contributed by atoms with Crippen molar-refractivity contribution in [2.45, 2.75) is 0 Å². The minimum Gasteiger partial charge on any atom is -0.376 e. The summed E-state index contributed by atoms with van der Waals surface area (Å²) >= 11 is 9.00. The second-order valence-electron chi connectivity index (χ2n) is 4.33. The van der Waals surface area contributed by atoms with Crippen molar-refractivity contribution in [1.82, 2.24) is 5.43 Å². The lowest BCUT2D eigenvalue weighted by Gasteiger charge is -2.05. The third-order valence-electron chi connectivity index (χ3n) is 2.62. The summed E-state index contributed by atoms with van der Waals surface area (Å²) in [6.45, 7) is -0.00220. The molecule has 114 valence electrons. The fourth-order valence-electron chi connectivity index (χ4n) is 1.59. The Kier molecular flexibility index (Phi) is 5.91. The second-order valence-corrected chi connectivity index (χ2v) is 5.65. The molecule has 0 fully saturated rings. The lowest BCUT2D eigenvalue weighted by molar-refractivity contribution is -0.119. The van der Waals surface area contributed by atoms with Crippen LogP contribution in [-0.4, -0.2) is 18.7 Å². The van der Waals surface area contributed by atoms with Crippen molar-refractivity contribution in [3.05, 3.63) is 63.3 Å². The molecule has 2 rings (SSSR count). The monoisotopic (exact) mass is 383 g/mol. The van der Waals surface area contributed by atoms with E-state index >= 15 is 0 Å². The first kappa shape index (κ1) is 16.5. The average molecular weight is 385 g/mol. The molecule has 0 saturated heterocycles. The smallest absolute Gasteiger partial charge is 0.259 e. The number of carbonyl (C=O) groups is 1. The summed E-state index contributed by atoms with van der Waals surface area (Å²) in [5.74, 6) is -0.831. The molecule has 0 bridgehead atoms. The van der Waals surface area contributed by atoms with Crippen LogP contribution in [0.3, 0.4) is 0 Å². The van der Waals surface area contributed by atoms with Crippen LogP contribution in [0.25, 0.3) is 0 Å². The van der Waals surface area contributed by atoms with Crippen molar-refractivity contribution >= 4 is 45.3 Å². The van der Waals surface area contributed by atoms with Gasteiger partial charge in [-0.2, -0.15) is 5.10 Å². The maximum absolute atomic E-state index is 13.0. The zero-order valence-corrected chi connectivity index (χ0v) is 13.7. The van der Waals surface area contributed by atoms with E-state index in [0.717, 1.165) is 10.0 Å². The van der Waals surface area contributed by atoms with Gasteiger partial charge in [0.05, 0.1) is 17.8 Å². The highest BCUT2D eigenvalue weighted by Gasteiger charge is 2.03. The van der Waals surface area contributed by atoms with Gasteiger partial charge in [0.2, 0.25) is 0 Å². The van der Waals surface area contributed by atoms with Crippen LogP contribution in [0, 0.1) is 5.82 Å². The Balaban J connectivity index is 1.81. The molecule has 2 aromatic rings. The Morgan fingerprint density at radius 1 is 1.32 bits per heavy atom. The summed E-state index contributed by atoms with van der Waals surface area (Å²) in [4.78, 5) is 11.6. The molecule has 7 heteroatoms. The molecule has 1 amide bonds. The molecule has 0 unspecified atom stereocenters. The zero-order chi connectivity index (χ0) is 15.9. The van der Waals surface area contributed by atoms with Crippen LogP contribution in [0.5, 0.6) is 0 Å². The van der Waals surface area contributed by atoms with E-state index in [2.05, 4.69) is 31.8 Å². The molecular weight excluding hydrogens is 373 g/mol. The summed E-state index contributed by atoms with van der Waals surface area (Å²) in [6, 6.07) is 11.6. The number of rotatable bonds is 5. The number of nitrogens with one attached hydrogen (secondary N) is 2. The van der Waals surface area contributed by atoms with Crippen molar-refractivity contribution in [1.29, 1.82) is 0 Å². The molecule has 0 aliphatic rings. The molecule has 2 N–H and O–H groups in total. The molecule has 0 heterocycles. The van der Waals surface area contributed by atoms with Gasteiger partial charge < -0.3 is 5.32 Å². The fraction of sp³-hybridized carbons (Fsp3) is 0.0667.